The fourth-order valence-electron chi connectivity index (χ4n) is 2.47. The molecule has 3 nitrogen and oxygen atoms in total. The van der Waals surface area contributed by atoms with E-state index in [0.29, 0.717) is 32.0 Å². The normalized spacial score (nSPS) is 16.3. The largest absolute Gasteiger partial charge is 0.321 e. The molecule has 1 aromatic carbocycles. The highest BCUT2D eigenvalue weighted by Gasteiger charge is 2.27. The molecule has 1 aromatic rings. The summed E-state index contributed by atoms with van der Waals surface area (Å²) >= 11 is 0. The Bertz CT molecular complexity index is 540. The summed E-state index contributed by atoms with van der Waals surface area (Å²) in [5.41, 5.74) is -0.680. The lowest BCUT2D eigenvalue weighted by Crippen LogP contribution is -2.28. The number of carbonyl (C=O) groups is 1. The molecule has 6 heteroatoms. The molecule has 116 valence electrons. The van der Waals surface area contributed by atoms with Crippen LogP contribution >= 0.6 is 0 Å². The molecule has 0 atom stereocenters. The van der Waals surface area contributed by atoms with Crippen LogP contribution in [0.5, 0.6) is 0 Å². The second-order valence-corrected chi connectivity index (χ2v) is 5.61. The van der Waals surface area contributed by atoms with Crippen LogP contribution in [-0.4, -0.2) is 19.0 Å². The lowest BCUT2D eigenvalue weighted by molar-refractivity contribution is -0.118. The second kappa shape index (κ2) is 6.47. The Morgan fingerprint density at radius 2 is 1.86 bits per heavy atom. The number of rotatable bonds is 3. The summed E-state index contributed by atoms with van der Waals surface area (Å²) in [5, 5.41) is 5.32. The summed E-state index contributed by atoms with van der Waals surface area (Å²) in [5.74, 6) is -4.20. The maximum atomic E-state index is 14.5. The first-order chi connectivity index (χ1) is 9.91. The van der Waals surface area contributed by atoms with Crippen LogP contribution in [0.2, 0.25) is 0 Å². The van der Waals surface area contributed by atoms with Crippen molar-refractivity contribution < 1.29 is 18.0 Å². The number of benzene rings is 1. The van der Waals surface area contributed by atoms with Crippen LogP contribution < -0.4 is 10.6 Å². The predicted octanol–water partition coefficient (Wildman–Crippen LogP) is 3.17. The lowest BCUT2D eigenvalue weighted by Gasteiger charge is -2.25. The Labute approximate surface area is 121 Å². The molecule has 1 fully saturated rings. The van der Waals surface area contributed by atoms with Gasteiger partial charge in [0.05, 0.1) is 0 Å². The van der Waals surface area contributed by atoms with E-state index in [0.717, 1.165) is 0 Å². The molecule has 1 saturated heterocycles. The highest BCUT2D eigenvalue weighted by atomic mass is 19.1. The van der Waals surface area contributed by atoms with Gasteiger partial charge in [-0.05, 0) is 31.8 Å². The summed E-state index contributed by atoms with van der Waals surface area (Å²) in [4.78, 5) is 11.6. The van der Waals surface area contributed by atoms with Gasteiger partial charge < -0.3 is 10.6 Å². The van der Waals surface area contributed by atoms with Gasteiger partial charge >= 0.3 is 0 Å². The number of hydrogen-bond donors (Lipinski definition) is 2. The van der Waals surface area contributed by atoms with Crippen molar-refractivity contribution in [3.8, 4) is 0 Å². The molecule has 0 unspecified atom stereocenters. The van der Waals surface area contributed by atoms with Crippen molar-refractivity contribution in [1.29, 1.82) is 0 Å². The Morgan fingerprint density at radius 1 is 1.24 bits per heavy atom. The monoisotopic (exact) mass is 300 g/mol. The van der Waals surface area contributed by atoms with Crippen LogP contribution in [0, 0.1) is 23.4 Å². The van der Waals surface area contributed by atoms with Crippen LogP contribution in [0.3, 0.4) is 0 Å². The van der Waals surface area contributed by atoms with Gasteiger partial charge in [0, 0.05) is 17.5 Å². The Morgan fingerprint density at radius 3 is 2.43 bits per heavy atom. The minimum atomic E-state index is -1.09. The van der Waals surface area contributed by atoms with E-state index in [-0.39, 0.29) is 11.5 Å². The van der Waals surface area contributed by atoms with E-state index in [1.165, 1.54) is 0 Å². The topological polar surface area (TPSA) is 41.1 Å². The number of carbonyl (C=O) groups excluding carboxylic acids is 1. The van der Waals surface area contributed by atoms with Gasteiger partial charge in [0.2, 0.25) is 5.91 Å². The molecule has 1 aliphatic rings. The minimum Gasteiger partial charge on any atom is -0.321 e. The van der Waals surface area contributed by atoms with Gasteiger partial charge in [0.15, 0.2) is 11.6 Å². The summed E-state index contributed by atoms with van der Waals surface area (Å²) in [6.07, 6.45) is 1.16. The van der Waals surface area contributed by atoms with E-state index in [2.05, 4.69) is 10.6 Å². The SMILES string of the molecule is CC(C)C(=O)Nc1c(F)cc(F)c(C2CCNCC2)c1F. The van der Waals surface area contributed by atoms with Crippen molar-refractivity contribution in [2.75, 3.05) is 18.4 Å². The predicted molar refractivity (Wildman–Crippen MR) is 74.6 cm³/mol. The average molecular weight is 300 g/mol. The van der Waals surface area contributed by atoms with E-state index < -0.39 is 35.0 Å². The quantitative estimate of drug-likeness (QED) is 0.900. The number of halogens is 3. The van der Waals surface area contributed by atoms with Gasteiger partial charge in [-0.3, -0.25) is 4.79 Å². The highest BCUT2D eigenvalue weighted by molar-refractivity contribution is 5.92. The van der Waals surface area contributed by atoms with Crippen molar-refractivity contribution in [1.82, 2.24) is 5.32 Å². The van der Waals surface area contributed by atoms with Crippen LogP contribution in [0.1, 0.15) is 38.2 Å². The Kier molecular flexibility index (Phi) is 4.88. The van der Waals surface area contributed by atoms with Gasteiger partial charge in [0.1, 0.15) is 11.5 Å². The van der Waals surface area contributed by atoms with Crippen molar-refractivity contribution in [2.45, 2.75) is 32.6 Å². The Hall–Kier alpha value is -1.56. The molecule has 0 radical (unpaired) electrons. The van der Waals surface area contributed by atoms with Gasteiger partial charge in [-0.25, -0.2) is 13.2 Å². The molecular formula is C15H19F3N2O. The number of nitrogens with one attached hydrogen (secondary N) is 2. The zero-order valence-electron chi connectivity index (χ0n) is 12.1. The maximum Gasteiger partial charge on any atom is 0.227 e. The summed E-state index contributed by atoms with van der Waals surface area (Å²) in [6.45, 7) is 4.55. The maximum absolute atomic E-state index is 14.5. The van der Waals surface area contributed by atoms with Crippen molar-refractivity contribution in [2.24, 2.45) is 5.92 Å². The zero-order valence-corrected chi connectivity index (χ0v) is 12.1. The standard InChI is InChI=1S/C15H19F3N2O/c1-8(2)15(21)20-14-11(17)7-10(16)12(13(14)18)9-3-5-19-6-4-9/h7-9,19H,3-6H2,1-2H3,(H,20,21). The van der Waals surface area contributed by atoms with Gasteiger partial charge in [0.25, 0.3) is 0 Å². The van der Waals surface area contributed by atoms with Crippen molar-refractivity contribution in [3.63, 3.8) is 0 Å². The molecule has 1 heterocycles. The van der Waals surface area contributed by atoms with Gasteiger partial charge in [-0.2, -0.15) is 0 Å². The van der Waals surface area contributed by atoms with Crippen LogP contribution in [0.25, 0.3) is 0 Å². The van der Waals surface area contributed by atoms with Crippen LogP contribution in [0.15, 0.2) is 6.07 Å². The molecular weight excluding hydrogens is 281 g/mol. The number of anilines is 1. The van der Waals surface area contributed by atoms with Gasteiger partial charge in [-0.1, -0.05) is 13.8 Å². The fourth-order valence-corrected chi connectivity index (χ4v) is 2.47. The molecule has 0 spiro atoms. The first-order valence-electron chi connectivity index (χ1n) is 7.10. The molecule has 1 aliphatic heterocycles. The third-order valence-corrected chi connectivity index (χ3v) is 3.73. The first kappa shape index (κ1) is 15.8. The third-order valence-electron chi connectivity index (χ3n) is 3.73. The molecule has 0 aliphatic carbocycles. The van der Waals surface area contributed by atoms with E-state index in [1.807, 2.05) is 0 Å². The smallest absolute Gasteiger partial charge is 0.227 e. The third kappa shape index (κ3) is 3.37. The molecule has 2 rings (SSSR count). The van der Waals surface area contributed by atoms with Gasteiger partial charge in [-0.15, -0.1) is 0 Å². The number of piperidine rings is 1. The molecule has 21 heavy (non-hydrogen) atoms. The lowest BCUT2D eigenvalue weighted by atomic mass is 9.89. The van der Waals surface area contributed by atoms with Crippen LogP contribution in [-0.2, 0) is 4.79 Å². The van der Waals surface area contributed by atoms with E-state index in [1.54, 1.807) is 13.8 Å². The molecule has 2 N–H and O–H groups in total. The first-order valence-corrected chi connectivity index (χ1v) is 7.10. The summed E-state index contributed by atoms with van der Waals surface area (Å²) < 4.78 is 42.2. The van der Waals surface area contributed by atoms with E-state index in [9.17, 15) is 18.0 Å². The van der Waals surface area contributed by atoms with E-state index >= 15 is 0 Å². The van der Waals surface area contributed by atoms with Crippen LogP contribution in [0.4, 0.5) is 18.9 Å². The molecule has 0 saturated carbocycles. The second-order valence-electron chi connectivity index (χ2n) is 5.61. The van der Waals surface area contributed by atoms with Crippen molar-refractivity contribution >= 4 is 11.6 Å². The molecule has 0 aromatic heterocycles. The highest BCUT2D eigenvalue weighted by Crippen LogP contribution is 2.34. The zero-order chi connectivity index (χ0) is 15.6. The van der Waals surface area contributed by atoms with E-state index in [4.69, 9.17) is 0 Å². The number of amides is 1. The average Bonchev–Trinajstić information content (AvgIpc) is 2.44. The Balaban J connectivity index is 2.39. The number of hydrogen-bond acceptors (Lipinski definition) is 2. The van der Waals surface area contributed by atoms with Crippen molar-refractivity contribution in [3.05, 3.63) is 29.1 Å². The molecule has 0 bridgehead atoms. The summed E-state index contributed by atoms with van der Waals surface area (Å²) in [7, 11) is 0. The minimum absolute atomic E-state index is 0.128. The fraction of sp³-hybridized carbons (Fsp3) is 0.533. The summed E-state index contributed by atoms with van der Waals surface area (Å²) in [6, 6.07) is 0.649. The molecule has 1 amide bonds.